The highest BCUT2D eigenvalue weighted by atomic mass is 16.5. The van der Waals surface area contributed by atoms with E-state index < -0.39 is 0 Å². The molecule has 0 aromatic rings. The highest BCUT2D eigenvalue weighted by Crippen LogP contribution is 2.47. The summed E-state index contributed by atoms with van der Waals surface area (Å²) in [6.07, 6.45) is 5.44. The molecule has 0 aliphatic carbocycles. The summed E-state index contributed by atoms with van der Waals surface area (Å²) in [5.41, 5.74) is 1.32. The molecule has 1 aliphatic heterocycles. The standard InChI is InChI=1S/C17H34O/c1-15(2,3)11-9-8-10-14(16(4,5)6)17(7)12-18-13-17/h14H,8-13H2,1-7H3. The lowest BCUT2D eigenvalue weighted by atomic mass is 9.62. The van der Waals surface area contributed by atoms with Crippen LogP contribution in [0.2, 0.25) is 0 Å². The van der Waals surface area contributed by atoms with Gasteiger partial charge in [-0.15, -0.1) is 0 Å². The Morgan fingerprint density at radius 1 is 1.00 bits per heavy atom. The molecule has 1 saturated heterocycles. The van der Waals surface area contributed by atoms with E-state index in [1.54, 1.807) is 0 Å². The monoisotopic (exact) mass is 254 g/mol. The predicted molar refractivity (Wildman–Crippen MR) is 79.8 cm³/mol. The van der Waals surface area contributed by atoms with Gasteiger partial charge in [0, 0.05) is 5.41 Å². The Balaban J connectivity index is 2.44. The summed E-state index contributed by atoms with van der Waals surface area (Å²) in [6.45, 7) is 18.6. The van der Waals surface area contributed by atoms with Gasteiger partial charge in [0.05, 0.1) is 13.2 Å². The first-order valence-corrected chi connectivity index (χ1v) is 7.62. The Bertz CT molecular complexity index is 250. The smallest absolute Gasteiger partial charge is 0.0545 e. The molecule has 0 aromatic carbocycles. The lowest BCUT2D eigenvalue weighted by Gasteiger charge is -2.50. The fourth-order valence-corrected chi connectivity index (χ4v) is 3.46. The van der Waals surface area contributed by atoms with Gasteiger partial charge < -0.3 is 4.74 Å². The molecule has 1 heteroatoms. The fraction of sp³-hybridized carbons (Fsp3) is 1.00. The summed E-state index contributed by atoms with van der Waals surface area (Å²) in [5, 5.41) is 0. The highest BCUT2D eigenvalue weighted by Gasteiger charge is 2.45. The van der Waals surface area contributed by atoms with Crippen LogP contribution in [0.4, 0.5) is 0 Å². The predicted octanol–water partition coefficient (Wildman–Crippen LogP) is 5.29. The van der Waals surface area contributed by atoms with E-state index in [2.05, 4.69) is 48.5 Å². The topological polar surface area (TPSA) is 9.23 Å². The number of rotatable bonds is 5. The summed E-state index contributed by atoms with van der Waals surface area (Å²) in [6, 6.07) is 0. The molecular formula is C17H34O. The molecule has 0 N–H and O–H groups in total. The van der Waals surface area contributed by atoms with E-state index in [4.69, 9.17) is 4.74 Å². The van der Waals surface area contributed by atoms with Crippen LogP contribution in [0.25, 0.3) is 0 Å². The van der Waals surface area contributed by atoms with Crippen LogP contribution in [-0.2, 0) is 4.74 Å². The molecule has 18 heavy (non-hydrogen) atoms. The number of ether oxygens (including phenoxy) is 1. The maximum Gasteiger partial charge on any atom is 0.0545 e. The van der Waals surface area contributed by atoms with E-state index in [1.807, 2.05) is 0 Å². The largest absolute Gasteiger partial charge is 0.380 e. The van der Waals surface area contributed by atoms with Gasteiger partial charge >= 0.3 is 0 Å². The average Bonchev–Trinajstić information content (AvgIpc) is 2.10. The molecule has 0 aromatic heterocycles. The van der Waals surface area contributed by atoms with E-state index in [1.165, 1.54) is 25.7 Å². The quantitative estimate of drug-likeness (QED) is 0.606. The van der Waals surface area contributed by atoms with Crippen molar-refractivity contribution in [3.8, 4) is 0 Å². The van der Waals surface area contributed by atoms with Crippen molar-refractivity contribution in [3.05, 3.63) is 0 Å². The van der Waals surface area contributed by atoms with Crippen molar-refractivity contribution in [2.45, 2.75) is 74.1 Å². The zero-order chi connectivity index (χ0) is 14.0. The van der Waals surface area contributed by atoms with Gasteiger partial charge in [-0.05, 0) is 29.6 Å². The fourth-order valence-electron chi connectivity index (χ4n) is 3.46. The Kier molecular flexibility index (Phi) is 4.92. The third-order valence-electron chi connectivity index (χ3n) is 4.42. The molecule has 1 rings (SSSR count). The lowest BCUT2D eigenvalue weighted by molar-refractivity contribution is -0.159. The van der Waals surface area contributed by atoms with E-state index in [9.17, 15) is 0 Å². The Hall–Kier alpha value is -0.0400. The van der Waals surface area contributed by atoms with Crippen LogP contribution in [0.15, 0.2) is 0 Å². The summed E-state index contributed by atoms with van der Waals surface area (Å²) in [4.78, 5) is 0. The molecule has 0 bridgehead atoms. The maximum absolute atomic E-state index is 5.47. The summed E-state index contributed by atoms with van der Waals surface area (Å²) in [5.74, 6) is 0.790. The number of hydrogen-bond donors (Lipinski definition) is 0. The van der Waals surface area contributed by atoms with Gasteiger partial charge in [-0.2, -0.15) is 0 Å². The van der Waals surface area contributed by atoms with Crippen LogP contribution in [0, 0.1) is 22.2 Å². The molecule has 0 radical (unpaired) electrons. The Labute approximate surface area is 115 Å². The molecule has 1 fully saturated rings. The first-order chi connectivity index (χ1) is 8.05. The Morgan fingerprint density at radius 3 is 1.89 bits per heavy atom. The van der Waals surface area contributed by atoms with E-state index in [0.29, 0.717) is 16.2 Å². The second-order valence-corrected chi connectivity index (χ2v) is 8.87. The van der Waals surface area contributed by atoms with Crippen LogP contribution in [-0.4, -0.2) is 13.2 Å². The number of hydrogen-bond acceptors (Lipinski definition) is 1. The number of unbranched alkanes of at least 4 members (excludes halogenated alkanes) is 1. The van der Waals surface area contributed by atoms with Gasteiger partial charge in [-0.25, -0.2) is 0 Å². The lowest BCUT2D eigenvalue weighted by Crippen LogP contribution is -2.50. The Morgan fingerprint density at radius 2 is 1.56 bits per heavy atom. The molecule has 1 atom stereocenters. The summed E-state index contributed by atoms with van der Waals surface area (Å²) in [7, 11) is 0. The SMILES string of the molecule is CC(C)(C)CCCCC(C(C)(C)C)C1(C)COC1. The van der Waals surface area contributed by atoms with Gasteiger partial charge in [0.2, 0.25) is 0 Å². The van der Waals surface area contributed by atoms with Crippen molar-refractivity contribution < 1.29 is 4.74 Å². The van der Waals surface area contributed by atoms with Crippen molar-refractivity contribution in [3.63, 3.8) is 0 Å². The van der Waals surface area contributed by atoms with Gasteiger partial charge in [-0.3, -0.25) is 0 Å². The molecule has 1 nitrogen and oxygen atoms in total. The summed E-state index contributed by atoms with van der Waals surface area (Å²) >= 11 is 0. The highest BCUT2D eigenvalue weighted by molar-refractivity contribution is 4.93. The van der Waals surface area contributed by atoms with Crippen LogP contribution < -0.4 is 0 Å². The van der Waals surface area contributed by atoms with Gasteiger partial charge in [-0.1, -0.05) is 61.3 Å². The zero-order valence-corrected chi connectivity index (χ0v) is 13.7. The van der Waals surface area contributed by atoms with Crippen molar-refractivity contribution in [2.75, 3.05) is 13.2 Å². The van der Waals surface area contributed by atoms with Crippen molar-refractivity contribution in [1.82, 2.24) is 0 Å². The third-order valence-corrected chi connectivity index (χ3v) is 4.42. The molecule has 1 heterocycles. The van der Waals surface area contributed by atoms with Gasteiger partial charge in [0.1, 0.15) is 0 Å². The second-order valence-electron chi connectivity index (χ2n) is 8.87. The van der Waals surface area contributed by atoms with Crippen LogP contribution in [0.1, 0.15) is 74.1 Å². The zero-order valence-electron chi connectivity index (χ0n) is 13.7. The third kappa shape index (κ3) is 4.57. The minimum absolute atomic E-state index is 0.403. The van der Waals surface area contributed by atoms with E-state index >= 15 is 0 Å². The summed E-state index contributed by atoms with van der Waals surface area (Å²) < 4.78 is 5.47. The van der Waals surface area contributed by atoms with Crippen molar-refractivity contribution >= 4 is 0 Å². The molecule has 0 amide bonds. The van der Waals surface area contributed by atoms with Crippen molar-refractivity contribution in [1.29, 1.82) is 0 Å². The van der Waals surface area contributed by atoms with E-state index in [-0.39, 0.29) is 0 Å². The first kappa shape index (κ1) is 16.0. The minimum Gasteiger partial charge on any atom is -0.380 e. The van der Waals surface area contributed by atoms with Gasteiger partial charge in [0.25, 0.3) is 0 Å². The molecule has 1 unspecified atom stereocenters. The second kappa shape index (κ2) is 5.53. The molecular weight excluding hydrogens is 220 g/mol. The van der Waals surface area contributed by atoms with E-state index in [0.717, 1.165) is 19.1 Å². The van der Waals surface area contributed by atoms with Gasteiger partial charge in [0.15, 0.2) is 0 Å². The van der Waals surface area contributed by atoms with Crippen molar-refractivity contribution in [2.24, 2.45) is 22.2 Å². The van der Waals surface area contributed by atoms with Crippen LogP contribution in [0.5, 0.6) is 0 Å². The maximum atomic E-state index is 5.47. The molecule has 1 aliphatic rings. The molecule has 0 saturated carbocycles. The molecule has 0 spiro atoms. The van der Waals surface area contributed by atoms with Crippen LogP contribution >= 0.6 is 0 Å². The average molecular weight is 254 g/mol. The normalized spacial score (nSPS) is 21.5. The minimum atomic E-state index is 0.403. The molecule has 108 valence electrons. The van der Waals surface area contributed by atoms with Crippen LogP contribution in [0.3, 0.4) is 0 Å². The first-order valence-electron chi connectivity index (χ1n) is 7.62.